The number of aromatic nitrogens is 4. The molecule has 3 aromatic rings. The van der Waals surface area contributed by atoms with Crippen molar-refractivity contribution in [2.45, 2.75) is 52.8 Å². The highest BCUT2D eigenvalue weighted by molar-refractivity contribution is 9.10. The molecule has 29 heavy (non-hydrogen) atoms. The number of hydrogen-bond donors (Lipinski definition) is 1. The summed E-state index contributed by atoms with van der Waals surface area (Å²) in [5.74, 6) is -0.419. The standard InChI is InChI=1S/C20H24BrN5O2S/c1-11-19(21)13(3)26(24-11)9-18-23-16(10-29-18)17-7-15(20(22)27)12(2)25(17)8-14-5-4-6-28-14/h7,10,14H,4-6,8-9H2,1-3H3,(H2,22,27). The Kier molecular flexibility index (Phi) is 5.63. The lowest BCUT2D eigenvalue weighted by Crippen LogP contribution is -2.18. The molecule has 4 rings (SSSR count). The van der Waals surface area contributed by atoms with Crippen molar-refractivity contribution in [3.05, 3.63) is 43.6 Å². The Morgan fingerprint density at radius 2 is 2.17 bits per heavy atom. The molecule has 1 saturated heterocycles. The molecule has 0 aromatic carbocycles. The Morgan fingerprint density at radius 3 is 2.79 bits per heavy atom. The lowest BCUT2D eigenvalue weighted by molar-refractivity contribution is 0.0961. The lowest BCUT2D eigenvalue weighted by atomic mass is 10.2. The predicted octanol–water partition coefficient (Wildman–Crippen LogP) is 3.82. The molecular weight excluding hydrogens is 454 g/mol. The summed E-state index contributed by atoms with van der Waals surface area (Å²) in [5.41, 5.74) is 10.8. The van der Waals surface area contributed by atoms with Crippen LogP contribution in [-0.4, -0.2) is 37.9 Å². The van der Waals surface area contributed by atoms with Crippen LogP contribution in [0.1, 0.15) is 45.3 Å². The van der Waals surface area contributed by atoms with Gasteiger partial charge in [0.2, 0.25) is 0 Å². The van der Waals surface area contributed by atoms with Gasteiger partial charge in [0, 0.05) is 24.2 Å². The van der Waals surface area contributed by atoms with Crippen molar-refractivity contribution in [2.24, 2.45) is 5.73 Å². The largest absolute Gasteiger partial charge is 0.376 e. The molecular formula is C20H24BrN5O2S. The fraction of sp³-hybridized carbons (Fsp3) is 0.450. The third kappa shape index (κ3) is 3.91. The number of carbonyl (C=O) groups excluding carboxylic acids is 1. The van der Waals surface area contributed by atoms with Gasteiger partial charge in [-0.05, 0) is 55.6 Å². The van der Waals surface area contributed by atoms with Gasteiger partial charge in [-0.25, -0.2) is 4.98 Å². The average Bonchev–Trinajstić information content (AvgIpc) is 3.45. The van der Waals surface area contributed by atoms with Gasteiger partial charge in [-0.15, -0.1) is 11.3 Å². The molecule has 3 aromatic heterocycles. The van der Waals surface area contributed by atoms with Gasteiger partial charge in [0.05, 0.1) is 45.5 Å². The van der Waals surface area contributed by atoms with Gasteiger partial charge in [0.25, 0.3) is 5.91 Å². The highest BCUT2D eigenvalue weighted by atomic mass is 79.9. The molecule has 1 amide bonds. The number of rotatable bonds is 6. The maximum absolute atomic E-state index is 11.9. The average molecular weight is 478 g/mol. The van der Waals surface area contributed by atoms with Gasteiger partial charge < -0.3 is 15.0 Å². The van der Waals surface area contributed by atoms with Crippen LogP contribution in [0.15, 0.2) is 15.9 Å². The number of halogens is 1. The maximum atomic E-state index is 11.9. The van der Waals surface area contributed by atoms with E-state index in [-0.39, 0.29) is 6.10 Å². The van der Waals surface area contributed by atoms with Crippen LogP contribution in [-0.2, 0) is 17.8 Å². The molecule has 4 heterocycles. The number of carbonyl (C=O) groups is 1. The molecule has 0 radical (unpaired) electrons. The zero-order chi connectivity index (χ0) is 20.7. The number of nitrogens with two attached hydrogens (primary N) is 1. The SMILES string of the molecule is Cc1nn(Cc2nc(-c3cc(C(N)=O)c(C)n3CC3CCCO3)cs2)c(C)c1Br. The minimum Gasteiger partial charge on any atom is -0.376 e. The molecule has 0 aliphatic carbocycles. The molecule has 1 fully saturated rings. The lowest BCUT2D eigenvalue weighted by Gasteiger charge is -2.15. The molecule has 0 saturated carbocycles. The predicted molar refractivity (Wildman–Crippen MR) is 116 cm³/mol. The molecule has 2 N–H and O–H groups in total. The minimum atomic E-state index is -0.419. The summed E-state index contributed by atoms with van der Waals surface area (Å²) in [6, 6.07) is 1.85. The fourth-order valence-corrected chi connectivity index (χ4v) is 4.85. The van der Waals surface area contributed by atoms with Crippen LogP contribution in [0.4, 0.5) is 0 Å². The monoisotopic (exact) mass is 477 g/mol. The first-order valence-corrected chi connectivity index (χ1v) is 11.3. The summed E-state index contributed by atoms with van der Waals surface area (Å²) in [6.07, 6.45) is 2.26. The van der Waals surface area contributed by atoms with E-state index in [4.69, 9.17) is 15.5 Å². The Bertz CT molecular complexity index is 1060. The third-order valence-corrected chi connectivity index (χ3v) is 7.42. The fourth-order valence-electron chi connectivity index (χ4n) is 3.79. The Morgan fingerprint density at radius 1 is 1.38 bits per heavy atom. The zero-order valence-electron chi connectivity index (χ0n) is 16.7. The van der Waals surface area contributed by atoms with E-state index in [1.165, 1.54) is 0 Å². The molecule has 1 aliphatic heterocycles. The second kappa shape index (κ2) is 8.04. The first kappa shape index (κ1) is 20.3. The van der Waals surface area contributed by atoms with Crippen molar-refractivity contribution in [2.75, 3.05) is 6.61 Å². The summed E-state index contributed by atoms with van der Waals surface area (Å²) in [5, 5.41) is 7.56. The van der Waals surface area contributed by atoms with Gasteiger partial charge in [0.15, 0.2) is 0 Å². The number of primary amides is 1. The maximum Gasteiger partial charge on any atom is 0.250 e. The van der Waals surface area contributed by atoms with Crippen LogP contribution in [0.25, 0.3) is 11.4 Å². The Labute approximate surface area is 182 Å². The number of amides is 1. The van der Waals surface area contributed by atoms with Crippen LogP contribution in [0.2, 0.25) is 0 Å². The summed E-state index contributed by atoms with van der Waals surface area (Å²) >= 11 is 5.16. The number of aryl methyl sites for hydroxylation is 1. The van der Waals surface area contributed by atoms with Gasteiger partial charge in [-0.3, -0.25) is 9.48 Å². The Balaban J connectivity index is 1.66. The van der Waals surface area contributed by atoms with Crippen LogP contribution in [0, 0.1) is 20.8 Å². The van der Waals surface area contributed by atoms with Crippen molar-refractivity contribution < 1.29 is 9.53 Å². The van der Waals surface area contributed by atoms with E-state index in [1.54, 1.807) is 11.3 Å². The van der Waals surface area contributed by atoms with E-state index in [2.05, 4.69) is 25.6 Å². The molecule has 0 spiro atoms. The third-order valence-electron chi connectivity index (χ3n) is 5.43. The van der Waals surface area contributed by atoms with Crippen molar-refractivity contribution in [3.8, 4) is 11.4 Å². The molecule has 0 bridgehead atoms. The number of nitrogens with zero attached hydrogens (tertiary/aromatic N) is 4. The minimum absolute atomic E-state index is 0.158. The van der Waals surface area contributed by atoms with Crippen LogP contribution >= 0.6 is 27.3 Å². The van der Waals surface area contributed by atoms with Gasteiger partial charge in [0.1, 0.15) is 5.01 Å². The van der Waals surface area contributed by atoms with Crippen molar-refractivity contribution in [1.29, 1.82) is 0 Å². The first-order valence-electron chi connectivity index (χ1n) is 9.61. The van der Waals surface area contributed by atoms with Crippen LogP contribution in [0.3, 0.4) is 0 Å². The van der Waals surface area contributed by atoms with Gasteiger partial charge >= 0.3 is 0 Å². The van der Waals surface area contributed by atoms with Crippen molar-refractivity contribution in [3.63, 3.8) is 0 Å². The zero-order valence-corrected chi connectivity index (χ0v) is 19.1. The highest BCUT2D eigenvalue weighted by Crippen LogP contribution is 2.30. The van der Waals surface area contributed by atoms with E-state index in [0.29, 0.717) is 18.7 Å². The highest BCUT2D eigenvalue weighted by Gasteiger charge is 2.23. The summed E-state index contributed by atoms with van der Waals surface area (Å²) in [6.45, 7) is 8.05. The normalized spacial score (nSPS) is 16.6. The van der Waals surface area contributed by atoms with E-state index in [1.807, 2.05) is 36.9 Å². The number of hydrogen-bond acceptors (Lipinski definition) is 5. The van der Waals surface area contributed by atoms with E-state index >= 15 is 0 Å². The molecule has 9 heteroatoms. The molecule has 1 unspecified atom stereocenters. The van der Waals surface area contributed by atoms with Gasteiger partial charge in [-0.2, -0.15) is 5.10 Å². The van der Waals surface area contributed by atoms with E-state index in [0.717, 1.165) is 57.4 Å². The van der Waals surface area contributed by atoms with E-state index < -0.39 is 5.91 Å². The first-order chi connectivity index (χ1) is 13.8. The van der Waals surface area contributed by atoms with E-state index in [9.17, 15) is 4.79 Å². The topological polar surface area (TPSA) is 88.0 Å². The quantitative estimate of drug-likeness (QED) is 0.584. The molecule has 7 nitrogen and oxygen atoms in total. The number of ether oxygens (including phenoxy) is 1. The van der Waals surface area contributed by atoms with Crippen molar-refractivity contribution >= 4 is 33.2 Å². The van der Waals surface area contributed by atoms with Crippen LogP contribution < -0.4 is 5.73 Å². The Hall–Kier alpha value is -1.97. The summed E-state index contributed by atoms with van der Waals surface area (Å²) in [4.78, 5) is 16.8. The second-order valence-electron chi connectivity index (χ2n) is 7.41. The molecule has 1 aliphatic rings. The van der Waals surface area contributed by atoms with Crippen LogP contribution in [0.5, 0.6) is 0 Å². The summed E-state index contributed by atoms with van der Waals surface area (Å²) in [7, 11) is 0. The van der Waals surface area contributed by atoms with Gasteiger partial charge in [-0.1, -0.05) is 0 Å². The molecule has 1 atom stereocenters. The molecule has 154 valence electrons. The van der Waals surface area contributed by atoms with Crippen molar-refractivity contribution in [1.82, 2.24) is 19.3 Å². The second-order valence-corrected chi connectivity index (χ2v) is 9.14. The number of thiazole rings is 1. The smallest absolute Gasteiger partial charge is 0.250 e. The summed E-state index contributed by atoms with van der Waals surface area (Å²) < 4.78 is 10.9.